The summed E-state index contributed by atoms with van der Waals surface area (Å²) in [6, 6.07) is 13.1. The van der Waals surface area contributed by atoms with Crippen LogP contribution in [0.5, 0.6) is 17.2 Å². The maximum Gasteiger partial charge on any atom is 0.226 e. The summed E-state index contributed by atoms with van der Waals surface area (Å²) in [5, 5.41) is 2.95. The molecule has 3 aromatic rings. The minimum absolute atomic E-state index is 0.0746. The van der Waals surface area contributed by atoms with E-state index in [-0.39, 0.29) is 18.4 Å². The molecule has 1 aliphatic rings. The lowest BCUT2D eigenvalue weighted by atomic mass is 9.90. The second kappa shape index (κ2) is 8.21. The number of ether oxygens (including phenoxy) is 3. The Morgan fingerprint density at radius 1 is 1.17 bits per heavy atom. The van der Waals surface area contributed by atoms with Crippen LogP contribution in [0.1, 0.15) is 23.6 Å². The molecule has 0 fully saturated rings. The Morgan fingerprint density at radius 3 is 2.63 bits per heavy atom. The zero-order chi connectivity index (χ0) is 21.1. The van der Waals surface area contributed by atoms with Crippen LogP contribution in [-0.4, -0.2) is 36.3 Å². The molecular weight excluding hydrogens is 382 g/mol. The summed E-state index contributed by atoms with van der Waals surface area (Å²) in [4.78, 5) is 17.1. The van der Waals surface area contributed by atoms with E-state index in [0.717, 1.165) is 16.9 Å². The van der Waals surface area contributed by atoms with Gasteiger partial charge in [0.1, 0.15) is 36.0 Å². The van der Waals surface area contributed by atoms with E-state index in [2.05, 4.69) is 16.2 Å². The summed E-state index contributed by atoms with van der Waals surface area (Å²) in [6.07, 6.45) is 7.24. The van der Waals surface area contributed by atoms with Crippen LogP contribution in [0.15, 0.2) is 48.8 Å². The predicted octanol–water partition coefficient (Wildman–Crippen LogP) is 3.38. The predicted molar refractivity (Wildman–Crippen MR) is 113 cm³/mol. The number of amides is 1. The quantitative estimate of drug-likeness (QED) is 0.639. The number of nitrogens with one attached hydrogen (secondary N) is 1. The van der Waals surface area contributed by atoms with E-state index < -0.39 is 0 Å². The van der Waals surface area contributed by atoms with Gasteiger partial charge in [0, 0.05) is 18.4 Å². The zero-order valence-corrected chi connectivity index (χ0v) is 16.7. The number of terminal acetylenes is 1. The topological polar surface area (TPSA) is 74.6 Å². The van der Waals surface area contributed by atoms with Crippen LogP contribution in [0.2, 0.25) is 0 Å². The summed E-state index contributed by atoms with van der Waals surface area (Å²) >= 11 is 0. The zero-order valence-electron chi connectivity index (χ0n) is 16.7. The van der Waals surface area contributed by atoms with Gasteiger partial charge in [-0.3, -0.25) is 9.36 Å². The van der Waals surface area contributed by atoms with Crippen LogP contribution >= 0.6 is 0 Å². The maximum atomic E-state index is 12.5. The Balaban J connectivity index is 1.72. The number of carbonyl (C=O) groups excluding carboxylic acids is 1. The van der Waals surface area contributed by atoms with Gasteiger partial charge in [-0.2, -0.15) is 0 Å². The number of rotatable bonds is 6. The van der Waals surface area contributed by atoms with Crippen LogP contribution in [0.4, 0.5) is 5.82 Å². The summed E-state index contributed by atoms with van der Waals surface area (Å²) in [6.45, 7) is 0.212. The molecular formula is C23H21N3O4. The number of carbonyl (C=O) groups is 1. The van der Waals surface area contributed by atoms with Crippen molar-refractivity contribution in [2.75, 3.05) is 26.1 Å². The fourth-order valence-corrected chi connectivity index (χ4v) is 3.57. The molecule has 2 heterocycles. The molecule has 0 saturated carbocycles. The summed E-state index contributed by atoms with van der Waals surface area (Å²) in [5.41, 5.74) is 2.53. The van der Waals surface area contributed by atoms with Crippen molar-refractivity contribution in [3.8, 4) is 35.3 Å². The molecule has 1 aromatic heterocycles. The molecule has 1 aliphatic heterocycles. The largest absolute Gasteiger partial charge is 0.497 e. The minimum Gasteiger partial charge on any atom is -0.497 e. The van der Waals surface area contributed by atoms with Crippen molar-refractivity contribution >= 4 is 11.7 Å². The first kappa shape index (κ1) is 19.4. The monoisotopic (exact) mass is 403 g/mol. The number of nitrogens with zero attached hydrogens (tertiary/aromatic N) is 2. The summed E-state index contributed by atoms with van der Waals surface area (Å²) in [5.74, 6) is 4.81. The molecule has 7 nitrogen and oxygen atoms in total. The molecule has 1 atom stereocenters. The van der Waals surface area contributed by atoms with Crippen molar-refractivity contribution in [1.82, 2.24) is 9.55 Å². The third kappa shape index (κ3) is 3.55. The second-order valence-corrected chi connectivity index (χ2v) is 6.75. The van der Waals surface area contributed by atoms with Crippen molar-refractivity contribution in [2.45, 2.75) is 12.3 Å². The maximum absolute atomic E-state index is 12.5. The van der Waals surface area contributed by atoms with Crippen molar-refractivity contribution in [3.05, 3.63) is 60.0 Å². The fourth-order valence-electron chi connectivity index (χ4n) is 3.57. The highest BCUT2D eigenvalue weighted by Gasteiger charge is 2.31. The lowest BCUT2D eigenvalue weighted by Gasteiger charge is -2.24. The van der Waals surface area contributed by atoms with Gasteiger partial charge in [0.2, 0.25) is 5.91 Å². The van der Waals surface area contributed by atoms with E-state index in [1.807, 2.05) is 41.0 Å². The average Bonchev–Trinajstić information content (AvgIpc) is 3.20. The Hall–Kier alpha value is -3.92. The van der Waals surface area contributed by atoms with E-state index >= 15 is 0 Å². The van der Waals surface area contributed by atoms with E-state index in [9.17, 15) is 4.79 Å². The third-order valence-corrected chi connectivity index (χ3v) is 5.02. The smallest absolute Gasteiger partial charge is 0.226 e. The molecule has 0 bridgehead atoms. The Kier molecular flexibility index (Phi) is 5.31. The summed E-state index contributed by atoms with van der Waals surface area (Å²) in [7, 11) is 3.19. The third-order valence-electron chi connectivity index (χ3n) is 5.02. The van der Waals surface area contributed by atoms with Gasteiger partial charge in [0.15, 0.2) is 0 Å². The lowest BCUT2D eigenvalue weighted by molar-refractivity contribution is -0.116. The molecule has 4 rings (SSSR count). The highest BCUT2D eigenvalue weighted by molar-refractivity contribution is 5.94. The normalized spacial score (nSPS) is 15.0. The first-order valence-electron chi connectivity index (χ1n) is 9.40. The van der Waals surface area contributed by atoms with Crippen LogP contribution in [-0.2, 0) is 4.79 Å². The van der Waals surface area contributed by atoms with Gasteiger partial charge in [-0.15, -0.1) is 6.42 Å². The highest BCUT2D eigenvalue weighted by atomic mass is 16.5. The second-order valence-electron chi connectivity index (χ2n) is 6.75. The number of hydrogen-bond acceptors (Lipinski definition) is 5. The molecule has 0 spiro atoms. The van der Waals surface area contributed by atoms with Crippen molar-refractivity contribution < 1.29 is 19.0 Å². The van der Waals surface area contributed by atoms with Gasteiger partial charge >= 0.3 is 0 Å². The number of aromatic nitrogens is 2. The molecule has 0 unspecified atom stereocenters. The van der Waals surface area contributed by atoms with Crippen molar-refractivity contribution in [3.63, 3.8) is 0 Å². The van der Waals surface area contributed by atoms with Crippen molar-refractivity contribution in [1.29, 1.82) is 0 Å². The Bertz CT molecular complexity index is 1110. The first-order chi connectivity index (χ1) is 14.6. The van der Waals surface area contributed by atoms with Gasteiger partial charge in [-0.25, -0.2) is 4.98 Å². The number of benzene rings is 2. The molecule has 1 N–H and O–H groups in total. The lowest BCUT2D eigenvalue weighted by Crippen LogP contribution is -2.25. The fraction of sp³-hybridized carbons (Fsp3) is 0.217. The Labute approximate surface area is 174 Å². The molecule has 7 heteroatoms. The van der Waals surface area contributed by atoms with E-state index in [1.165, 1.54) is 0 Å². The van der Waals surface area contributed by atoms with Crippen LogP contribution in [0.3, 0.4) is 0 Å². The van der Waals surface area contributed by atoms with Crippen LogP contribution < -0.4 is 19.5 Å². The van der Waals surface area contributed by atoms with Crippen molar-refractivity contribution in [2.24, 2.45) is 0 Å². The van der Waals surface area contributed by atoms with Gasteiger partial charge < -0.3 is 19.5 Å². The standard InChI is InChI=1S/C23H21N3O4/c1-4-11-30-16-7-5-15(6-8-16)18-13-21(27)25-23-22(18)24-14-26(23)19-10-9-17(28-2)12-20(19)29-3/h1,5-10,12,14,18H,11,13H2,2-3H3,(H,25,27)/t18-/m0/s1. The first-order valence-corrected chi connectivity index (χ1v) is 9.40. The Morgan fingerprint density at radius 2 is 1.93 bits per heavy atom. The number of hydrogen-bond donors (Lipinski definition) is 1. The average molecular weight is 403 g/mol. The SMILES string of the molecule is C#CCOc1ccc([C@@H]2CC(=O)Nc3c2ncn3-c2ccc(OC)cc2OC)cc1. The van der Waals surface area contributed by atoms with E-state index in [4.69, 9.17) is 20.6 Å². The highest BCUT2D eigenvalue weighted by Crippen LogP contribution is 2.39. The molecule has 0 aliphatic carbocycles. The molecule has 1 amide bonds. The number of imidazole rings is 1. The molecule has 30 heavy (non-hydrogen) atoms. The van der Waals surface area contributed by atoms with Crippen LogP contribution in [0.25, 0.3) is 5.69 Å². The number of anilines is 1. The molecule has 0 radical (unpaired) electrons. The molecule has 2 aromatic carbocycles. The van der Waals surface area contributed by atoms with Crippen LogP contribution in [0, 0.1) is 12.3 Å². The van der Waals surface area contributed by atoms with Gasteiger partial charge in [-0.05, 0) is 29.8 Å². The van der Waals surface area contributed by atoms with Gasteiger partial charge in [0.05, 0.1) is 25.6 Å². The molecule has 152 valence electrons. The van der Waals surface area contributed by atoms with Gasteiger partial charge in [-0.1, -0.05) is 18.1 Å². The van der Waals surface area contributed by atoms with Gasteiger partial charge in [0.25, 0.3) is 0 Å². The van der Waals surface area contributed by atoms with E-state index in [0.29, 0.717) is 29.5 Å². The van der Waals surface area contributed by atoms with E-state index in [1.54, 1.807) is 26.6 Å². The summed E-state index contributed by atoms with van der Waals surface area (Å²) < 4.78 is 18.0. The number of methoxy groups -OCH3 is 2. The molecule has 0 saturated heterocycles. The number of fused-ring (bicyclic) bond motifs is 1. The minimum atomic E-state index is -0.166.